The number of likely N-dealkylation sites (tertiary alicyclic amines) is 1. The molecule has 0 aliphatic carbocycles. The third kappa shape index (κ3) is 4.83. The van der Waals surface area contributed by atoms with Crippen LogP contribution in [0.15, 0.2) is 54.6 Å². The first-order chi connectivity index (χ1) is 12.3. The second-order valence-electron chi connectivity index (χ2n) is 7.19. The average molecular weight is 341 g/mol. The summed E-state index contributed by atoms with van der Waals surface area (Å²) in [6, 6.07) is 20.2. The molecule has 0 aromatic heterocycles. The third-order valence-electron chi connectivity index (χ3n) is 5.63. The number of benzene rings is 2. The van der Waals surface area contributed by atoms with Crippen molar-refractivity contribution >= 4 is 0 Å². The van der Waals surface area contributed by atoms with Crippen LogP contribution in [0.3, 0.4) is 0 Å². The van der Waals surface area contributed by atoms with Crippen LogP contribution in [0.5, 0.6) is 5.75 Å². The Hall–Kier alpha value is -1.84. The molecule has 25 heavy (non-hydrogen) atoms. The van der Waals surface area contributed by atoms with Gasteiger partial charge in [0.1, 0.15) is 18.8 Å². The summed E-state index contributed by atoms with van der Waals surface area (Å²) in [6.45, 7) is 8.30. The largest absolute Gasteiger partial charge is 0.496 e. The Balaban J connectivity index is 1.54. The number of nitrogens with one attached hydrogen (secondary N) is 2. The maximum absolute atomic E-state index is 5.51. The molecule has 0 amide bonds. The first-order valence-electron chi connectivity index (χ1n) is 9.64. The summed E-state index contributed by atoms with van der Waals surface area (Å²) >= 11 is 0. The van der Waals surface area contributed by atoms with Crippen molar-refractivity contribution in [3.63, 3.8) is 0 Å². The Morgan fingerprint density at radius 3 is 2.36 bits per heavy atom. The van der Waals surface area contributed by atoms with Crippen molar-refractivity contribution in [2.45, 2.75) is 38.9 Å². The summed E-state index contributed by atoms with van der Waals surface area (Å²) < 4.78 is 5.51. The molecule has 1 fully saturated rings. The number of hydrogen-bond acceptors (Lipinski definition) is 1. The Labute approximate surface area is 152 Å². The zero-order valence-electron chi connectivity index (χ0n) is 15.6. The zero-order valence-corrected chi connectivity index (χ0v) is 15.6. The van der Waals surface area contributed by atoms with E-state index in [-0.39, 0.29) is 0 Å². The van der Waals surface area contributed by atoms with E-state index >= 15 is 0 Å². The van der Waals surface area contributed by atoms with Crippen LogP contribution in [0.25, 0.3) is 0 Å². The van der Waals surface area contributed by atoms with Crippen LogP contribution in [-0.4, -0.2) is 32.8 Å². The Morgan fingerprint density at radius 2 is 1.68 bits per heavy atom. The Bertz CT molecular complexity index is 635. The van der Waals surface area contributed by atoms with E-state index in [1.54, 1.807) is 16.9 Å². The van der Waals surface area contributed by atoms with Crippen molar-refractivity contribution in [2.24, 2.45) is 0 Å². The maximum Gasteiger partial charge on any atom is 0.127 e. The molecule has 3 heteroatoms. The molecule has 2 N–H and O–H groups in total. The van der Waals surface area contributed by atoms with E-state index < -0.39 is 0 Å². The van der Waals surface area contributed by atoms with E-state index in [1.807, 2.05) is 0 Å². The molecule has 0 saturated carbocycles. The van der Waals surface area contributed by atoms with Crippen molar-refractivity contribution in [2.75, 3.05) is 26.7 Å². The van der Waals surface area contributed by atoms with Crippen LogP contribution in [-0.2, 0) is 13.1 Å². The van der Waals surface area contributed by atoms with Crippen LogP contribution >= 0.6 is 0 Å². The fourth-order valence-electron chi connectivity index (χ4n) is 4.15. The third-order valence-corrected chi connectivity index (χ3v) is 5.63. The van der Waals surface area contributed by atoms with E-state index in [0.29, 0.717) is 0 Å². The van der Waals surface area contributed by atoms with Gasteiger partial charge in [0.25, 0.3) is 0 Å². The predicted molar refractivity (Wildman–Crippen MR) is 102 cm³/mol. The second-order valence-corrected chi connectivity index (χ2v) is 7.19. The molecule has 0 bridgehead atoms. The van der Waals surface area contributed by atoms with Crippen LogP contribution in [0.1, 0.15) is 30.9 Å². The van der Waals surface area contributed by atoms with E-state index in [9.17, 15) is 0 Å². The monoisotopic (exact) mass is 340 g/mol. The van der Waals surface area contributed by atoms with Gasteiger partial charge in [-0.25, -0.2) is 0 Å². The van der Waals surface area contributed by atoms with Gasteiger partial charge in [-0.15, -0.1) is 0 Å². The highest BCUT2D eigenvalue weighted by Crippen LogP contribution is 2.16. The van der Waals surface area contributed by atoms with Gasteiger partial charge in [0, 0.05) is 24.0 Å². The van der Waals surface area contributed by atoms with E-state index in [0.717, 1.165) is 24.9 Å². The van der Waals surface area contributed by atoms with Crippen molar-refractivity contribution in [1.82, 2.24) is 0 Å². The van der Waals surface area contributed by atoms with Crippen LogP contribution in [0.2, 0.25) is 0 Å². The number of methoxy groups -OCH3 is 1. The maximum atomic E-state index is 5.51. The fourth-order valence-corrected chi connectivity index (χ4v) is 4.15. The van der Waals surface area contributed by atoms with Crippen LogP contribution in [0, 0.1) is 0 Å². The predicted octanol–water partition coefficient (Wildman–Crippen LogP) is 1.35. The highest BCUT2D eigenvalue weighted by Gasteiger charge is 2.29. The Kier molecular flexibility index (Phi) is 6.48. The number of quaternary nitrogens is 2. The zero-order chi connectivity index (χ0) is 17.5. The van der Waals surface area contributed by atoms with Gasteiger partial charge in [-0.2, -0.15) is 0 Å². The van der Waals surface area contributed by atoms with E-state index in [4.69, 9.17) is 4.74 Å². The van der Waals surface area contributed by atoms with E-state index in [2.05, 4.69) is 61.5 Å². The molecule has 1 aliphatic heterocycles. The molecule has 1 aliphatic rings. The molecule has 3 nitrogen and oxygen atoms in total. The van der Waals surface area contributed by atoms with Crippen LogP contribution in [0.4, 0.5) is 0 Å². The van der Waals surface area contributed by atoms with E-state index in [1.165, 1.54) is 43.6 Å². The standard InChI is InChI=1S/C22H30N2O/c1-3-24(17-19-9-5-4-6-10-19)21-13-15-23(16-14-21)18-20-11-7-8-12-22(20)25-2/h4-12,21H,3,13-18H2,1-2H3/p+2. The summed E-state index contributed by atoms with van der Waals surface area (Å²) in [5.41, 5.74) is 2.80. The van der Waals surface area contributed by atoms with Crippen molar-refractivity contribution in [1.29, 1.82) is 0 Å². The first kappa shape index (κ1) is 18.0. The van der Waals surface area contributed by atoms with Gasteiger partial charge in [0.05, 0.1) is 32.8 Å². The molecule has 0 spiro atoms. The summed E-state index contributed by atoms with van der Waals surface area (Å²) in [5, 5.41) is 0. The number of piperidine rings is 1. The average Bonchev–Trinajstić information content (AvgIpc) is 2.68. The highest BCUT2D eigenvalue weighted by molar-refractivity contribution is 5.32. The quantitative estimate of drug-likeness (QED) is 0.779. The lowest BCUT2D eigenvalue weighted by atomic mass is 10.0. The van der Waals surface area contributed by atoms with Gasteiger partial charge in [0.2, 0.25) is 0 Å². The Morgan fingerprint density at radius 1 is 1.00 bits per heavy atom. The van der Waals surface area contributed by atoms with Gasteiger partial charge < -0.3 is 14.5 Å². The molecule has 1 heterocycles. The van der Waals surface area contributed by atoms with Gasteiger partial charge in [-0.1, -0.05) is 42.5 Å². The summed E-state index contributed by atoms with van der Waals surface area (Å²) in [4.78, 5) is 3.43. The molecule has 2 aromatic rings. The molecular formula is C22H32N2O+2. The van der Waals surface area contributed by atoms with Crippen molar-refractivity contribution < 1.29 is 14.5 Å². The highest BCUT2D eigenvalue weighted by atomic mass is 16.5. The smallest absolute Gasteiger partial charge is 0.127 e. The molecule has 1 atom stereocenters. The summed E-state index contributed by atoms with van der Waals surface area (Å²) in [7, 11) is 1.77. The number of ether oxygens (including phenoxy) is 1. The molecule has 3 rings (SSSR count). The minimum Gasteiger partial charge on any atom is -0.496 e. The molecular weight excluding hydrogens is 308 g/mol. The number of para-hydroxylation sites is 1. The lowest BCUT2D eigenvalue weighted by molar-refractivity contribution is -0.969. The topological polar surface area (TPSA) is 18.1 Å². The van der Waals surface area contributed by atoms with Gasteiger partial charge in [0.15, 0.2) is 0 Å². The molecule has 134 valence electrons. The molecule has 1 unspecified atom stereocenters. The second kappa shape index (κ2) is 9.02. The normalized spacial score (nSPS) is 21.7. The number of rotatable bonds is 7. The van der Waals surface area contributed by atoms with Gasteiger partial charge in [-0.05, 0) is 19.1 Å². The van der Waals surface area contributed by atoms with Gasteiger partial charge in [-0.3, -0.25) is 0 Å². The lowest BCUT2D eigenvalue weighted by Gasteiger charge is -2.34. The minimum absolute atomic E-state index is 0.798. The van der Waals surface area contributed by atoms with Crippen molar-refractivity contribution in [3.05, 3.63) is 65.7 Å². The summed E-state index contributed by atoms with van der Waals surface area (Å²) in [6.07, 6.45) is 2.64. The SMILES string of the molecule is CC[NH+](Cc1ccccc1)C1CC[NH+](Cc2ccccc2OC)CC1. The van der Waals surface area contributed by atoms with Crippen LogP contribution < -0.4 is 14.5 Å². The first-order valence-corrected chi connectivity index (χ1v) is 9.64. The molecule has 2 aromatic carbocycles. The molecule has 0 radical (unpaired) electrons. The van der Waals surface area contributed by atoms with Gasteiger partial charge >= 0.3 is 0 Å². The van der Waals surface area contributed by atoms with Crippen molar-refractivity contribution in [3.8, 4) is 5.75 Å². The minimum atomic E-state index is 0.798. The number of hydrogen-bond donors (Lipinski definition) is 2. The fraction of sp³-hybridized carbons (Fsp3) is 0.455. The molecule has 1 saturated heterocycles. The summed E-state index contributed by atoms with van der Waals surface area (Å²) in [5.74, 6) is 1.03. The lowest BCUT2D eigenvalue weighted by Crippen LogP contribution is -3.19.